The molecule has 1 aliphatic heterocycles. The van der Waals surface area contributed by atoms with E-state index in [4.69, 9.17) is 14.2 Å². The molecule has 0 aromatic carbocycles. The summed E-state index contributed by atoms with van der Waals surface area (Å²) >= 11 is 0. The topological polar surface area (TPSA) is 82.1 Å². The summed E-state index contributed by atoms with van der Waals surface area (Å²) in [5.41, 5.74) is -0.574. The number of esters is 2. The van der Waals surface area contributed by atoms with Crippen LogP contribution < -0.4 is 0 Å². The lowest BCUT2D eigenvalue weighted by molar-refractivity contribution is -0.177. The molecule has 0 radical (unpaired) electrons. The Kier molecular flexibility index (Phi) is 6.22. The molecule has 0 amide bonds. The lowest BCUT2D eigenvalue weighted by Gasteiger charge is -2.38. The van der Waals surface area contributed by atoms with Crippen LogP contribution in [0.25, 0.3) is 0 Å². The highest BCUT2D eigenvalue weighted by Gasteiger charge is 2.48. The van der Waals surface area contributed by atoms with Gasteiger partial charge in [0.2, 0.25) is 6.29 Å². The molecule has 0 bridgehead atoms. The lowest BCUT2D eigenvalue weighted by atomic mass is 9.76. The lowest BCUT2D eigenvalue weighted by Crippen LogP contribution is -2.45. The number of allylic oxidation sites excluding steroid dienone is 1. The zero-order valence-electron chi connectivity index (χ0n) is 15.0. The Balaban J connectivity index is 3.31. The first-order chi connectivity index (χ1) is 10.5. The van der Waals surface area contributed by atoms with Crippen molar-refractivity contribution in [3.8, 4) is 0 Å². The van der Waals surface area contributed by atoms with Crippen LogP contribution in [0.2, 0.25) is 0 Å². The number of ether oxygens (including phenoxy) is 3. The molecule has 0 fully saturated rings. The molecule has 0 aromatic rings. The summed E-state index contributed by atoms with van der Waals surface area (Å²) in [6, 6.07) is 0. The Bertz CT molecular complexity index is 486. The van der Waals surface area contributed by atoms with Gasteiger partial charge in [-0.15, -0.1) is 0 Å². The van der Waals surface area contributed by atoms with E-state index < -0.39 is 35.7 Å². The summed E-state index contributed by atoms with van der Waals surface area (Å²) in [7, 11) is 0. The van der Waals surface area contributed by atoms with Gasteiger partial charge in [0, 0.05) is 5.92 Å². The van der Waals surface area contributed by atoms with Crippen molar-refractivity contribution in [1.82, 2.24) is 0 Å². The monoisotopic (exact) mass is 328 g/mol. The fourth-order valence-corrected chi connectivity index (χ4v) is 2.72. The van der Waals surface area contributed by atoms with Crippen LogP contribution in [0.5, 0.6) is 0 Å². The predicted molar refractivity (Wildman–Crippen MR) is 84.1 cm³/mol. The van der Waals surface area contributed by atoms with E-state index in [1.54, 1.807) is 34.6 Å². The van der Waals surface area contributed by atoms with Crippen LogP contribution in [0.3, 0.4) is 0 Å². The first kappa shape index (κ1) is 19.5. The van der Waals surface area contributed by atoms with Crippen LogP contribution in [-0.4, -0.2) is 35.5 Å². The SMILES string of the molecule is CCOC(=O)[C@H]1C(C(=O)OC(C)(C)C)=C(C)OC(O)[C@@H]1C(C)C. The van der Waals surface area contributed by atoms with E-state index in [0.717, 1.165) is 0 Å². The second kappa shape index (κ2) is 7.34. The molecule has 1 heterocycles. The molecule has 1 unspecified atom stereocenters. The molecule has 23 heavy (non-hydrogen) atoms. The van der Waals surface area contributed by atoms with Crippen molar-refractivity contribution in [2.24, 2.45) is 17.8 Å². The summed E-state index contributed by atoms with van der Waals surface area (Å²) in [4.78, 5) is 25.0. The number of aliphatic hydroxyl groups is 1. The van der Waals surface area contributed by atoms with E-state index in [0.29, 0.717) is 0 Å². The van der Waals surface area contributed by atoms with E-state index in [1.165, 1.54) is 0 Å². The number of carbonyl (C=O) groups excluding carboxylic acids is 2. The van der Waals surface area contributed by atoms with Crippen molar-refractivity contribution in [1.29, 1.82) is 0 Å². The molecule has 1 N–H and O–H groups in total. The van der Waals surface area contributed by atoms with Crippen molar-refractivity contribution in [3.05, 3.63) is 11.3 Å². The van der Waals surface area contributed by atoms with Gasteiger partial charge in [-0.3, -0.25) is 4.79 Å². The van der Waals surface area contributed by atoms with Crippen LogP contribution in [0.4, 0.5) is 0 Å². The Morgan fingerprint density at radius 2 is 1.87 bits per heavy atom. The second-order valence-electron chi connectivity index (χ2n) is 7.03. The first-order valence-corrected chi connectivity index (χ1v) is 7.95. The highest BCUT2D eigenvalue weighted by atomic mass is 16.6. The van der Waals surface area contributed by atoms with E-state index in [2.05, 4.69) is 0 Å². The average Bonchev–Trinajstić information content (AvgIpc) is 2.34. The predicted octanol–water partition coefficient (Wildman–Crippen LogP) is 2.40. The summed E-state index contributed by atoms with van der Waals surface area (Å²) in [5, 5.41) is 10.2. The normalized spacial score (nSPS) is 25.2. The van der Waals surface area contributed by atoms with Crippen LogP contribution in [0.15, 0.2) is 11.3 Å². The van der Waals surface area contributed by atoms with Gasteiger partial charge < -0.3 is 19.3 Å². The fourth-order valence-electron chi connectivity index (χ4n) is 2.72. The number of rotatable bonds is 4. The van der Waals surface area contributed by atoms with Crippen LogP contribution in [-0.2, 0) is 23.8 Å². The molecule has 0 aromatic heterocycles. The van der Waals surface area contributed by atoms with Crippen molar-refractivity contribution >= 4 is 11.9 Å². The van der Waals surface area contributed by atoms with Crippen molar-refractivity contribution in [3.63, 3.8) is 0 Å². The largest absolute Gasteiger partial charge is 0.469 e. The molecule has 6 nitrogen and oxygen atoms in total. The number of hydrogen-bond acceptors (Lipinski definition) is 6. The summed E-state index contributed by atoms with van der Waals surface area (Å²) in [6.07, 6.45) is -1.17. The summed E-state index contributed by atoms with van der Waals surface area (Å²) < 4.78 is 15.9. The summed E-state index contributed by atoms with van der Waals surface area (Å²) in [6.45, 7) is 12.4. The third-order valence-electron chi connectivity index (χ3n) is 3.63. The van der Waals surface area contributed by atoms with Gasteiger partial charge >= 0.3 is 11.9 Å². The Labute approximate surface area is 137 Å². The molecule has 0 saturated carbocycles. The second-order valence-corrected chi connectivity index (χ2v) is 7.03. The van der Waals surface area contributed by atoms with Gasteiger partial charge in [-0.25, -0.2) is 4.79 Å². The molecule has 1 aliphatic rings. The Hall–Kier alpha value is -1.56. The Morgan fingerprint density at radius 3 is 2.30 bits per heavy atom. The molecular formula is C17H28O6. The molecule has 6 heteroatoms. The van der Waals surface area contributed by atoms with Gasteiger partial charge in [-0.1, -0.05) is 13.8 Å². The van der Waals surface area contributed by atoms with Gasteiger partial charge in [0.15, 0.2) is 0 Å². The maximum Gasteiger partial charge on any atom is 0.338 e. The molecule has 0 spiro atoms. The zero-order valence-corrected chi connectivity index (χ0v) is 15.0. The standard InChI is InChI=1S/C17H28O6/c1-8-21-14(18)13-11(9(2)3)15(19)22-10(4)12(13)16(20)23-17(5,6)7/h9,11,13,15,19H,8H2,1-7H3/t11-,13-,15?/m1/s1. The highest BCUT2D eigenvalue weighted by Crippen LogP contribution is 2.39. The maximum absolute atomic E-state index is 12.6. The van der Waals surface area contributed by atoms with Gasteiger partial charge in [0.05, 0.1) is 12.2 Å². The van der Waals surface area contributed by atoms with Crippen molar-refractivity contribution in [2.75, 3.05) is 6.61 Å². The fraction of sp³-hybridized carbons (Fsp3) is 0.765. The minimum Gasteiger partial charge on any atom is -0.469 e. The quantitative estimate of drug-likeness (QED) is 0.798. The third-order valence-corrected chi connectivity index (χ3v) is 3.63. The van der Waals surface area contributed by atoms with E-state index >= 15 is 0 Å². The van der Waals surface area contributed by atoms with E-state index in [9.17, 15) is 14.7 Å². The van der Waals surface area contributed by atoms with Crippen LogP contribution in [0, 0.1) is 17.8 Å². The Morgan fingerprint density at radius 1 is 1.30 bits per heavy atom. The minimum atomic E-state index is -1.17. The van der Waals surface area contributed by atoms with Crippen molar-refractivity contribution < 1.29 is 28.9 Å². The average molecular weight is 328 g/mol. The minimum absolute atomic E-state index is 0.0926. The molecule has 1 rings (SSSR count). The van der Waals surface area contributed by atoms with E-state index in [-0.39, 0.29) is 23.9 Å². The molecule has 0 aliphatic carbocycles. The number of carbonyl (C=O) groups is 2. The molecular weight excluding hydrogens is 300 g/mol. The maximum atomic E-state index is 12.6. The molecule has 3 atom stereocenters. The van der Waals surface area contributed by atoms with Gasteiger partial charge in [0.25, 0.3) is 0 Å². The number of aliphatic hydroxyl groups excluding tert-OH is 1. The summed E-state index contributed by atoms with van der Waals surface area (Å²) in [5.74, 6) is -2.56. The third kappa shape index (κ3) is 4.70. The number of hydrogen-bond donors (Lipinski definition) is 1. The van der Waals surface area contributed by atoms with Gasteiger partial charge in [-0.2, -0.15) is 0 Å². The van der Waals surface area contributed by atoms with Crippen LogP contribution in [0.1, 0.15) is 48.5 Å². The molecule has 132 valence electrons. The van der Waals surface area contributed by atoms with E-state index in [1.807, 2.05) is 13.8 Å². The molecule has 0 saturated heterocycles. The van der Waals surface area contributed by atoms with Gasteiger partial charge in [-0.05, 0) is 40.5 Å². The van der Waals surface area contributed by atoms with Crippen LogP contribution >= 0.6 is 0 Å². The first-order valence-electron chi connectivity index (χ1n) is 7.95. The highest BCUT2D eigenvalue weighted by molar-refractivity contribution is 5.96. The van der Waals surface area contributed by atoms with Crippen molar-refractivity contribution in [2.45, 2.75) is 60.4 Å². The zero-order chi connectivity index (χ0) is 17.9. The smallest absolute Gasteiger partial charge is 0.338 e. The van der Waals surface area contributed by atoms with Gasteiger partial charge in [0.1, 0.15) is 17.3 Å².